The van der Waals surface area contributed by atoms with Gasteiger partial charge < -0.3 is 14.8 Å². The molecule has 0 saturated carbocycles. The topological polar surface area (TPSA) is 149 Å². The number of ether oxygens (including phenoxy) is 2. The second kappa shape index (κ2) is 14.2. The van der Waals surface area contributed by atoms with Crippen LogP contribution in [0.1, 0.15) is 31.8 Å². The van der Waals surface area contributed by atoms with Crippen LogP contribution in [0, 0.1) is 10.1 Å². The molecule has 2 amide bonds. The highest BCUT2D eigenvalue weighted by Crippen LogP contribution is 2.28. The maximum absolute atomic E-state index is 12.6. The minimum absolute atomic E-state index is 0.0992. The molecule has 0 aliphatic heterocycles. The zero-order valence-electron chi connectivity index (χ0n) is 22.5. The van der Waals surface area contributed by atoms with Crippen LogP contribution in [0.5, 0.6) is 11.5 Å². The minimum atomic E-state index is -0.718. The second-order valence-corrected chi connectivity index (χ2v) is 9.19. The number of esters is 1. The molecular formula is C31H23ClN4O7. The van der Waals surface area contributed by atoms with Crippen LogP contribution < -0.4 is 20.2 Å². The van der Waals surface area contributed by atoms with Gasteiger partial charge in [0.05, 0.1) is 18.2 Å². The number of non-ortho nitro benzene ring substituents is 1. The first-order valence-corrected chi connectivity index (χ1v) is 12.9. The van der Waals surface area contributed by atoms with E-state index in [2.05, 4.69) is 15.8 Å². The number of hydrazone groups is 1. The second-order valence-electron chi connectivity index (χ2n) is 8.76. The molecule has 216 valence electrons. The highest BCUT2D eigenvalue weighted by Gasteiger charge is 2.11. The van der Waals surface area contributed by atoms with Gasteiger partial charge in [0.25, 0.3) is 17.5 Å². The SMILES string of the molecule is COc1cc(C=NNC(=O)c2cccc(NC(=O)c3ccc(Cl)cc3)c2)ccc1OC(=O)/C=C/c1cccc([N+](=O)[O-])c1. The van der Waals surface area contributed by atoms with E-state index in [1.807, 2.05) is 0 Å². The quantitative estimate of drug-likeness (QED) is 0.0577. The van der Waals surface area contributed by atoms with Crippen LogP contribution in [0.25, 0.3) is 6.08 Å². The summed E-state index contributed by atoms with van der Waals surface area (Å²) < 4.78 is 10.6. The van der Waals surface area contributed by atoms with Crippen molar-refractivity contribution in [2.24, 2.45) is 5.10 Å². The van der Waals surface area contributed by atoms with Gasteiger partial charge in [0.15, 0.2) is 11.5 Å². The normalized spacial score (nSPS) is 10.8. The van der Waals surface area contributed by atoms with Gasteiger partial charge in [-0.2, -0.15) is 5.10 Å². The molecule has 0 aliphatic rings. The molecule has 2 N–H and O–H groups in total. The molecule has 0 unspecified atom stereocenters. The maximum Gasteiger partial charge on any atom is 0.336 e. The molecule has 12 heteroatoms. The summed E-state index contributed by atoms with van der Waals surface area (Å²) in [6.07, 6.45) is 3.91. The van der Waals surface area contributed by atoms with E-state index >= 15 is 0 Å². The standard InChI is InChI=1S/C31H23ClN4O7/c1-42-28-17-21(8-14-27(28)43-29(37)15-9-20-4-2-7-26(16-20)36(40)41)19-33-35-31(39)23-5-3-6-25(18-23)34-30(38)22-10-12-24(32)13-11-22/h2-19H,1H3,(H,34,38)(H,35,39)/b15-9+,33-19?. The van der Waals surface area contributed by atoms with Gasteiger partial charge in [0, 0.05) is 40.0 Å². The lowest BCUT2D eigenvalue weighted by Gasteiger charge is -2.09. The van der Waals surface area contributed by atoms with Gasteiger partial charge in [-0.15, -0.1) is 0 Å². The van der Waals surface area contributed by atoms with E-state index < -0.39 is 16.8 Å². The molecule has 0 aliphatic carbocycles. The van der Waals surface area contributed by atoms with Crippen molar-refractivity contribution in [2.45, 2.75) is 0 Å². The molecule has 4 rings (SSSR count). The van der Waals surface area contributed by atoms with Crippen LogP contribution in [0.15, 0.2) is 102 Å². The number of nitro benzene ring substituents is 1. The van der Waals surface area contributed by atoms with Crippen LogP contribution in [0.4, 0.5) is 11.4 Å². The van der Waals surface area contributed by atoms with E-state index in [-0.39, 0.29) is 28.7 Å². The predicted octanol–water partition coefficient (Wildman–Crippen LogP) is 5.89. The smallest absolute Gasteiger partial charge is 0.336 e. The van der Waals surface area contributed by atoms with Crippen molar-refractivity contribution < 1.29 is 28.8 Å². The molecule has 0 heterocycles. The van der Waals surface area contributed by atoms with Gasteiger partial charge >= 0.3 is 5.97 Å². The Morgan fingerprint density at radius 1 is 0.860 bits per heavy atom. The molecular weight excluding hydrogens is 576 g/mol. The molecule has 0 fully saturated rings. The van der Waals surface area contributed by atoms with Gasteiger partial charge in [-0.3, -0.25) is 19.7 Å². The average molecular weight is 599 g/mol. The van der Waals surface area contributed by atoms with Crippen LogP contribution in [-0.4, -0.2) is 36.0 Å². The number of benzene rings is 4. The number of rotatable bonds is 10. The fraction of sp³-hybridized carbons (Fsp3) is 0.0323. The number of methoxy groups -OCH3 is 1. The number of hydrogen-bond donors (Lipinski definition) is 2. The first kappa shape index (κ1) is 30.2. The molecule has 0 aromatic heterocycles. The van der Waals surface area contributed by atoms with Gasteiger partial charge in [0.1, 0.15) is 0 Å². The van der Waals surface area contributed by atoms with E-state index in [1.54, 1.807) is 60.7 Å². The van der Waals surface area contributed by atoms with Gasteiger partial charge in [-0.05, 0) is 77.9 Å². The largest absolute Gasteiger partial charge is 0.493 e. The Kier molecular flexibility index (Phi) is 9.95. The molecule has 0 bridgehead atoms. The first-order valence-electron chi connectivity index (χ1n) is 12.5. The Hall–Kier alpha value is -5.81. The predicted molar refractivity (Wildman–Crippen MR) is 162 cm³/mol. The summed E-state index contributed by atoms with van der Waals surface area (Å²) in [7, 11) is 1.40. The third-order valence-electron chi connectivity index (χ3n) is 5.76. The van der Waals surface area contributed by atoms with Crippen LogP contribution >= 0.6 is 11.6 Å². The number of hydrogen-bond acceptors (Lipinski definition) is 8. The van der Waals surface area contributed by atoms with Crippen LogP contribution in [0.3, 0.4) is 0 Å². The lowest BCUT2D eigenvalue weighted by Crippen LogP contribution is -2.18. The number of nitro groups is 1. The van der Waals surface area contributed by atoms with Crippen molar-refractivity contribution in [1.82, 2.24) is 5.43 Å². The van der Waals surface area contributed by atoms with Crippen molar-refractivity contribution >= 4 is 53.0 Å². The zero-order chi connectivity index (χ0) is 30.8. The number of amides is 2. The Bertz CT molecular complexity index is 1740. The molecule has 4 aromatic carbocycles. The average Bonchev–Trinajstić information content (AvgIpc) is 3.01. The monoisotopic (exact) mass is 598 g/mol. The van der Waals surface area contributed by atoms with E-state index in [1.165, 1.54) is 49.7 Å². The Morgan fingerprint density at radius 2 is 1.63 bits per heavy atom. The zero-order valence-corrected chi connectivity index (χ0v) is 23.3. The fourth-order valence-electron chi connectivity index (χ4n) is 3.67. The van der Waals surface area contributed by atoms with E-state index in [0.29, 0.717) is 27.4 Å². The number of anilines is 1. The molecule has 0 saturated heterocycles. The molecule has 0 atom stereocenters. The number of halogens is 1. The van der Waals surface area contributed by atoms with Crippen molar-refractivity contribution in [3.63, 3.8) is 0 Å². The van der Waals surface area contributed by atoms with E-state index in [4.69, 9.17) is 21.1 Å². The summed E-state index contributed by atoms with van der Waals surface area (Å²) in [6.45, 7) is 0. The summed E-state index contributed by atoms with van der Waals surface area (Å²) >= 11 is 5.86. The summed E-state index contributed by atoms with van der Waals surface area (Å²) in [5.74, 6) is -1.21. The third-order valence-corrected chi connectivity index (χ3v) is 6.01. The van der Waals surface area contributed by atoms with Crippen molar-refractivity contribution in [3.05, 3.63) is 134 Å². The summed E-state index contributed by atoms with van der Waals surface area (Å²) in [4.78, 5) is 47.8. The molecule has 4 aromatic rings. The Balaban J connectivity index is 1.35. The lowest BCUT2D eigenvalue weighted by molar-refractivity contribution is -0.384. The molecule has 0 spiro atoms. The first-order chi connectivity index (χ1) is 20.7. The van der Waals surface area contributed by atoms with E-state index in [9.17, 15) is 24.5 Å². The van der Waals surface area contributed by atoms with Crippen LogP contribution in [-0.2, 0) is 4.79 Å². The number of carbonyl (C=O) groups excluding carboxylic acids is 3. The number of nitrogens with zero attached hydrogens (tertiary/aromatic N) is 2. The van der Waals surface area contributed by atoms with Gasteiger partial charge in [-0.1, -0.05) is 29.8 Å². The molecule has 43 heavy (non-hydrogen) atoms. The summed E-state index contributed by atoms with van der Waals surface area (Å²) in [5, 5.41) is 18.1. The minimum Gasteiger partial charge on any atom is -0.493 e. The van der Waals surface area contributed by atoms with Gasteiger partial charge in [-0.25, -0.2) is 10.2 Å². The third kappa shape index (κ3) is 8.59. The molecule has 11 nitrogen and oxygen atoms in total. The lowest BCUT2D eigenvalue weighted by atomic mass is 10.1. The Morgan fingerprint density at radius 3 is 2.37 bits per heavy atom. The highest BCUT2D eigenvalue weighted by molar-refractivity contribution is 6.30. The van der Waals surface area contributed by atoms with Crippen molar-refractivity contribution in [3.8, 4) is 11.5 Å². The summed E-state index contributed by atoms with van der Waals surface area (Å²) in [6, 6.07) is 23.2. The maximum atomic E-state index is 12.6. The Labute approximate surface area is 250 Å². The van der Waals surface area contributed by atoms with Crippen molar-refractivity contribution in [1.29, 1.82) is 0 Å². The summed E-state index contributed by atoms with van der Waals surface area (Å²) in [5.41, 5.74) is 4.42. The number of carbonyl (C=O) groups is 3. The van der Waals surface area contributed by atoms with Crippen molar-refractivity contribution in [2.75, 3.05) is 12.4 Å². The fourth-order valence-corrected chi connectivity index (χ4v) is 3.80. The van der Waals surface area contributed by atoms with E-state index in [0.717, 1.165) is 6.08 Å². The number of nitrogens with one attached hydrogen (secondary N) is 2. The van der Waals surface area contributed by atoms with Crippen LogP contribution in [0.2, 0.25) is 5.02 Å². The molecule has 0 radical (unpaired) electrons. The highest BCUT2D eigenvalue weighted by atomic mass is 35.5. The van der Waals surface area contributed by atoms with Gasteiger partial charge in [0.2, 0.25) is 0 Å².